The maximum absolute atomic E-state index is 15.1. The number of likely N-dealkylation sites (tertiary alicyclic amines) is 1. The molecular formula is C24H39FN2O3Si. The molecule has 2 aliphatic heterocycles. The number of hydrogen-bond acceptors (Lipinski definition) is 4. The maximum atomic E-state index is 15.1. The lowest BCUT2D eigenvalue weighted by Gasteiger charge is -2.36. The minimum Gasteiger partial charge on any atom is -0.412 e. The number of halogens is 1. The van der Waals surface area contributed by atoms with Crippen LogP contribution in [0.3, 0.4) is 0 Å². The molecule has 174 valence electrons. The summed E-state index contributed by atoms with van der Waals surface area (Å²) in [5, 5.41) is 3.47. The first-order valence-electron chi connectivity index (χ1n) is 11.6. The van der Waals surface area contributed by atoms with Gasteiger partial charge in [-0.25, -0.2) is 4.39 Å². The van der Waals surface area contributed by atoms with Gasteiger partial charge in [-0.05, 0) is 49.9 Å². The second-order valence-corrected chi connectivity index (χ2v) is 15.3. The Morgan fingerprint density at radius 3 is 2.45 bits per heavy atom. The highest BCUT2D eigenvalue weighted by Gasteiger charge is 2.37. The molecule has 0 bridgehead atoms. The monoisotopic (exact) mass is 450 g/mol. The van der Waals surface area contributed by atoms with Crippen molar-refractivity contribution < 1.29 is 18.3 Å². The van der Waals surface area contributed by atoms with Gasteiger partial charge in [0.15, 0.2) is 14.1 Å². The molecule has 0 saturated carbocycles. The fourth-order valence-electron chi connectivity index (χ4n) is 3.94. The largest absolute Gasteiger partial charge is 0.412 e. The Hall–Kier alpha value is -1.44. The number of ether oxygens (including phenoxy) is 1. The van der Waals surface area contributed by atoms with Crippen LogP contribution < -0.4 is 5.32 Å². The molecule has 1 amide bonds. The van der Waals surface area contributed by atoms with Crippen molar-refractivity contribution in [3.05, 3.63) is 29.6 Å². The maximum Gasteiger partial charge on any atom is 0.225 e. The van der Waals surface area contributed by atoms with Crippen molar-refractivity contribution >= 4 is 19.9 Å². The highest BCUT2D eigenvalue weighted by molar-refractivity contribution is 6.74. The van der Waals surface area contributed by atoms with Gasteiger partial charge in [0.2, 0.25) is 5.91 Å². The summed E-state index contributed by atoms with van der Waals surface area (Å²) in [5.74, 6) is 0.146. The summed E-state index contributed by atoms with van der Waals surface area (Å²) in [6.45, 7) is 14.0. The van der Waals surface area contributed by atoms with Crippen molar-refractivity contribution in [1.29, 1.82) is 0 Å². The zero-order valence-corrected chi connectivity index (χ0v) is 20.8. The minimum atomic E-state index is -1.94. The topological polar surface area (TPSA) is 50.8 Å². The zero-order valence-electron chi connectivity index (χ0n) is 19.8. The van der Waals surface area contributed by atoms with Crippen LogP contribution in [-0.4, -0.2) is 51.5 Å². The van der Waals surface area contributed by atoms with Crippen LogP contribution in [0.1, 0.15) is 52.0 Å². The van der Waals surface area contributed by atoms with E-state index in [4.69, 9.17) is 9.16 Å². The van der Waals surface area contributed by atoms with Crippen LogP contribution in [0.4, 0.5) is 10.1 Å². The first kappa shape index (κ1) is 24.2. The predicted molar refractivity (Wildman–Crippen MR) is 125 cm³/mol. The van der Waals surface area contributed by atoms with E-state index in [-0.39, 0.29) is 28.7 Å². The van der Waals surface area contributed by atoms with Gasteiger partial charge < -0.3 is 19.4 Å². The molecule has 1 aromatic rings. The summed E-state index contributed by atoms with van der Waals surface area (Å²) < 4.78 is 26.7. The molecule has 0 spiro atoms. The molecule has 5 nitrogen and oxygen atoms in total. The van der Waals surface area contributed by atoms with E-state index in [9.17, 15) is 4.79 Å². The van der Waals surface area contributed by atoms with Gasteiger partial charge in [0.05, 0.1) is 12.3 Å². The van der Waals surface area contributed by atoms with Crippen LogP contribution in [0, 0.1) is 11.7 Å². The lowest BCUT2D eigenvalue weighted by atomic mass is 9.96. The molecule has 2 saturated heterocycles. The van der Waals surface area contributed by atoms with Crippen molar-refractivity contribution in [3.8, 4) is 0 Å². The number of carbonyl (C=O) groups excluding carboxylic acids is 1. The highest BCUT2D eigenvalue weighted by Crippen LogP contribution is 2.37. The van der Waals surface area contributed by atoms with E-state index in [2.05, 4.69) is 39.2 Å². The van der Waals surface area contributed by atoms with Crippen molar-refractivity contribution in [2.24, 2.45) is 5.92 Å². The second kappa shape index (κ2) is 10.0. The van der Waals surface area contributed by atoms with Crippen molar-refractivity contribution in [3.63, 3.8) is 0 Å². The molecule has 0 radical (unpaired) electrons. The van der Waals surface area contributed by atoms with Gasteiger partial charge in [-0.2, -0.15) is 0 Å². The average Bonchev–Trinajstić information content (AvgIpc) is 2.74. The van der Waals surface area contributed by atoms with Crippen molar-refractivity contribution in [1.82, 2.24) is 4.90 Å². The predicted octanol–water partition coefficient (Wildman–Crippen LogP) is 5.18. The zero-order chi connectivity index (χ0) is 22.6. The van der Waals surface area contributed by atoms with Gasteiger partial charge in [-0.1, -0.05) is 32.9 Å². The minimum absolute atomic E-state index is 0.0927. The second-order valence-electron chi connectivity index (χ2n) is 10.5. The van der Waals surface area contributed by atoms with Gasteiger partial charge in [0.1, 0.15) is 0 Å². The highest BCUT2D eigenvalue weighted by atomic mass is 28.4. The summed E-state index contributed by atoms with van der Waals surface area (Å²) in [4.78, 5) is 14.7. The van der Waals surface area contributed by atoms with Crippen LogP contribution in [0.25, 0.3) is 0 Å². The number of anilines is 1. The molecular weight excluding hydrogens is 411 g/mol. The number of nitrogens with one attached hydrogen (secondary N) is 1. The fourth-order valence-corrected chi connectivity index (χ4v) is 4.89. The Labute approximate surface area is 187 Å². The molecule has 0 unspecified atom stereocenters. The van der Waals surface area contributed by atoms with E-state index in [1.807, 2.05) is 17.0 Å². The Kier molecular flexibility index (Phi) is 7.81. The van der Waals surface area contributed by atoms with Gasteiger partial charge in [0.25, 0.3) is 0 Å². The summed E-state index contributed by atoms with van der Waals surface area (Å²) in [6.07, 6.45) is 3.32. The van der Waals surface area contributed by atoms with E-state index in [0.717, 1.165) is 38.8 Å². The Balaban J connectivity index is 1.54. The van der Waals surface area contributed by atoms with Gasteiger partial charge in [0, 0.05) is 43.8 Å². The number of carbonyl (C=O) groups is 1. The summed E-state index contributed by atoms with van der Waals surface area (Å²) >= 11 is 0. The smallest absolute Gasteiger partial charge is 0.225 e. The molecule has 2 aliphatic rings. The molecule has 2 fully saturated rings. The molecule has 31 heavy (non-hydrogen) atoms. The van der Waals surface area contributed by atoms with Crippen molar-refractivity contribution in [2.75, 3.05) is 31.6 Å². The standard InChI is InChI=1S/C24H39FN2O3Si/c1-24(2,3)31(4,5)30-17-19-7-6-8-21(22(19)25)26-20-9-13-27(14-10-20)23(28)18-11-15-29-16-12-18/h6-8,18,20,26H,9-17H2,1-5H3. The Morgan fingerprint density at radius 2 is 1.84 bits per heavy atom. The third-order valence-corrected chi connectivity index (χ3v) is 11.7. The summed E-state index contributed by atoms with van der Waals surface area (Å²) in [6, 6.07) is 5.66. The first-order valence-corrected chi connectivity index (χ1v) is 14.5. The first-order chi connectivity index (χ1) is 14.6. The number of hydrogen-bond donors (Lipinski definition) is 1. The van der Waals surface area contributed by atoms with Gasteiger partial charge in [-0.15, -0.1) is 0 Å². The van der Waals surface area contributed by atoms with Crippen molar-refractivity contribution in [2.45, 2.75) is 77.2 Å². The van der Waals surface area contributed by atoms with E-state index in [1.165, 1.54) is 0 Å². The molecule has 1 aromatic carbocycles. The van der Waals surface area contributed by atoms with Crippen LogP contribution in [0.15, 0.2) is 18.2 Å². The molecule has 1 N–H and O–H groups in total. The molecule has 0 aromatic heterocycles. The summed E-state index contributed by atoms with van der Waals surface area (Å²) in [5.41, 5.74) is 1.13. The molecule has 0 aliphatic carbocycles. The SMILES string of the molecule is CC(C)(C)[Si](C)(C)OCc1cccc(NC2CCN(C(=O)C3CCOCC3)CC2)c1F. The molecule has 3 rings (SSSR count). The quantitative estimate of drug-likeness (QED) is 0.607. The van der Waals surface area contributed by atoms with Gasteiger partial charge >= 0.3 is 0 Å². The Bertz CT molecular complexity index is 752. The fraction of sp³-hybridized carbons (Fsp3) is 0.708. The third kappa shape index (κ3) is 6.08. The lowest BCUT2D eigenvalue weighted by Crippen LogP contribution is -2.45. The third-order valence-electron chi connectivity index (χ3n) is 7.21. The van der Waals surface area contributed by atoms with Crippen LogP contribution in [-0.2, 0) is 20.6 Å². The van der Waals surface area contributed by atoms with Crippen LogP contribution in [0.5, 0.6) is 0 Å². The molecule has 2 heterocycles. The number of rotatable bonds is 6. The van der Waals surface area contributed by atoms with E-state index < -0.39 is 8.32 Å². The van der Waals surface area contributed by atoms with E-state index >= 15 is 4.39 Å². The van der Waals surface area contributed by atoms with Crippen LogP contribution in [0.2, 0.25) is 18.1 Å². The average molecular weight is 451 g/mol. The summed E-state index contributed by atoms with van der Waals surface area (Å²) in [7, 11) is -1.94. The lowest BCUT2D eigenvalue weighted by molar-refractivity contribution is -0.139. The number of amides is 1. The van der Waals surface area contributed by atoms with Crippen LogP contribution >= 0.6 is 0 Å². The van der Waals surface area contributed by atoms with Gasteiger partial charge in [-0.3, -0.25) is 4.79 Å². The van der Waals surface area contributed by atoms with E-state index in [1.54, 1.807) is 6.07 Å². The normalized spacial score (nSPS) is 19.5. The van der Waals surface area contributed by atoms with E-state index in [0.29, 0.717) is 31.1 Å². The number of nitrogens with zero attached hydrogens (tertiary/aromatic N) is 1. The molecule has 7 heteroatoms. The molecule has 0 atom stereocenters. The Morgan fingerprint density at radius 1 is 1.19 bits per heavy atom. The number of benzene rings is 1. The number of piperidine rings is 1.